The van der Waals surface area contributed by atoms with Gasteiger partial charge in [0.05, 0.1) is 15.1 Å². The largest absolute Gasteiger partial charge is 0.396 e. The number of rotatable bonds is 4. The summed E-state index contributed by atoms with van der Waals surface area (Å²) in [5.41, 5.74) is 0.0222. The fourth-order valence-corrected chi connectivity index (χ4v) is 1.53. The molecule has 0 radical (unpaired) electrons. The Kier molecular flexibility index (Phi) is 5.28. The van der Waals surface area contributed by atoms with Crippen LogP contribution in [0.5, 0.6) is 0 Å². The highest BCUT2D eigenvalue weighted by Crippen LogP contribution is 2.30. The Morgan fingerprint density at radius 3 is 2.69 bits per heavy atom. The molecule has 1 heterocycles. The van der Waals surface area contributed by atoms with Crippen LogP contribution in [0.3, 0.4) is 0 Å². The first kappa shape index (κ1) is 13.5. The maximum Gasteiger partial charge on any atom is 0.271 e. The summed E-state index contributed by atoms with van der Waals surface area (Å²) in [5.74, 6) is -0.447. The summed E-state index contributed by atoms with van der Waals surface area (Å²) in [7, 11) is 0. The number of nitrogens with one attached hydrogen (secondary N) is 1. The molecule has 1 rings (SSSR count). The average molecular weight is 284 g/mol. The number of aliphatic hydroxyl groups is 1. The zero-order valence-corrected chi connectivity index (χ0v) is 10.4. The van der Waals surface area contributed by atoms with Gasteiger partial charge < -0.3 is 10.4 Å². The first-order chi connectivity index (χ1) is 7.57. The summed E-state index contributed by atoms with van der Waals surface area (Å²) in [6, 6.07) is 0. The standard InChI is InChI=1S/C9H9Cl3N2O2/c10-5-4-14-8(7(12)6(5)11)9(16)13-2-1-3-15/h4,15H,1-3H2,(H,13,16). The van der Waals surface area contributed by atoms with Crippen molar-refractivity contribution in [2.24, 2.45) is 0 Å². The SMILES string of the molecule is O=C(NCCCO)c1ncc(Cl)c(Cl)c1Cl. The molecule has 1 aromatic heterocycles. The lowest BCUT2D eigenvalue weighted by molar-refractivity contribution is 0.0946. The molecule has 0 bridgehead atoms. The van der Waals surface area contributed by atoms with Crippen molar-refractivity contribution in [1.29, 1.82) is 0 Å². The van der Waals surface area contributed by atoms with Gasteiger partial charge in [-0.15, -0.1) is 0 Å². The molecule has 0 fully saturated rings. The highest BCUT2D eigenvalue weighted by molar-refractivity contribution is 6.48. The van der Waals surface area contributed by atoms with Crippen molar-refractivity contribution >= 4 is 40.7 Å². The Morgan fingerprint density at radius 2 is 2.06 bits per heavy atom. The van der Waals surface area contributed by atoms with Crippen LogP contribution < -0.4 is 5.32 Å². The summed E-state index contributed by atoms with van der Waals surface area (Å²) < 4.78 is 0. The summed E-state index contributed by atoms with van der Waals surface area (Å²) >= 11 is 17.3. The summed E-state index contributed by atoms with van der Waals surface area (Å²) in [6.07, 6.45) is 1.72. The zero-order valence-electron chi connectivity index (χ0n) is 8.14. The van der Waals surface area contributed by atoms with Gasteiger partial charge in [-0.05, 0) is 6.42 Å². The number of aliphatic hydroxyl groups excluding tert-OH is 1. The first-order valence-electron chi connectivity index (χ1n) is 4.46. The maximum absolute atomic E-state index is 11.6. The third kappa shape index (κ3) is 3.22. The van der Waals surface area contributed by atoms with Gasteiger partial charge in [0, 0.05) is 19.3 Å². The highest BCUT2D eigenvalue weighted by Gasteiger charge is 2.16. The van der Waals surface area contributed by atoms with Gasteiger partial charge in [-0.1, -0.05) is 34.8 Å². The highest BCUT2D eigenvalue weighted by atomic mass is 35.5. The maximum atomic E-state index is 11.6. The molecule has 2 N–H and O–H groups in total. The number of nitrogens with zero attached hydrogens (tertiary/aromatic N) is 1. The molecule has 16 heavy (non-hydrogen) atoms. The molecule has 0 aliphatic heterocycles. The van der Waals surface area contributed by atoms with Gasteiger partial charge in [0.15, 0.2) is 0 Å². The van der Waals surface area contributed by atoms with E-state index in [9.17, 15) is 4.79 Å². The Balaban J connectivity index is 2.80. The second-order valence-electron chi connectivity index (χ2n) is 2.92. The molecule has 0 saturated carbocycles. The van der Waals surface area contributed by atoms with Crippen LogP contribution in [0.1, 0.15) is 16.9 Å². The minimum absolute atomic E-state index is 0.00279. The summed E-state index contributed by atoms with van der Waals surface area (Å²) in [4.78, 5) is 15.4. The van der Waals surface area contributed by atoms with E-state index in [1.165, 1.54) is 6.20 Å². The van der Waals surface area contributed by atoms with Crippen LogP contribution in [-0.4, -0.2) is 29.1 Å². The van der Waals surface area contributed by atoms with Crippen LogP contribution in [-0.2, 0) is 0 Å². The van der Waals surface area contributed by atoms with E-state index in [2.05, 4.69) is 10.3 Å². The van der Waals surface area contributed by atoms with Crippen LogP contribution in [0, 0.1) is 0 Å². The van der Waals surface area contributed by atoms with E-state index in [1.54, 1.807) is 0 Å². The zero-order chi connectivity index (χ0) is 12.1. The van der Waals surface area contributed by atoms with Crippen LogP contribution in [0.15, 0.2) is 6.20 Å². The molecule has 0 aliphatic carbocycles. The number of pyridine rings is 1. The topological polar surface area (TPSA) is 62.2 Å². The smallest absolute Gasteiger partial charge is 0.271 e. The molecule has 0 aromatic carbocycles. The number of carbonyl (C=O) groups excluding carboxylic acids is 1. The minimum atomic E-state index is -0.447. The van der Waals surface area contributed by atoms with E-state index < -0.39 is 5.91 Å². The third-order valence-electron chi connectivity index (χ3n) is 1.75. The molecule has 0 spiro atoms. The quantitative estimate of drug-likeness (QED) is 0.832. The molecule has 0 atom stereocenters. The normalized spacial score (nSPS) is 10.2. The van der Waals surface area contributed by atoms with Crippen molar-refractivity contribution < 1.29 is 9.90 Å². The number of hydrogen-bond acceptors (Lipinski definition) is 3. The second-order valence-corrected chi connectivity index (χ2v) is 4.08. The van der Waals surface area contributed by atoms with E-state index in [-0.39, 0.29) is 27.4 Å². The number of aromatic nitrogens is 1. The van der Waals surface area contributed by atoms with E-state index >= 15 is 0 Å². The monoisotopic (exact) mass is 282 g/mol. The van der Waals surface area contributed by atoms with Gasteiger partial charge in [0.1, 0.15) is 5.69 Å². The van der Waals surface area contributed by atoms with Gasteiger partial charge in [-0.3, -0.25) is 4.79 Å². The van der Waals surface area contributed by atoms with Crippen LogP contribution in [0.2, 0.25) is 15.1 Å². The minimum Gasteiger partial charge on any atom is -0.396 e. The molecule has 0 aliphatic rings. The molecule has 1 amide bonds. The molecular weight excluding hydrogens is 274 g/mol. The molecule has 0 saturated heterocycles. The van der Waals surface area contributed by atoms with Gasteiger partial charge in [0.25, 0.3) is 5.91 Å². The van der Waals surface area contributed by atoms with Crippen LogP contribution >= 0.6 is 34.8 Å². The van der Waals surface area contributed by atoms with Gasteiger partial charge >= 0.3 is 0 Å². The van der Waals surface area contributed by atoms with Crippen molar-refractivity contribution in [3.05, 3.63) is 27.0 Å². The second kappa shape index (κ2) is 6.25. The third-order valence-corrected chi connectivity index (χ3v) is 2.99. The summed E-state index contributed by atoms with van der Waals surface area (Å²) in [5, 5.41) is 11.4. The van der Waals surface area contributed by atoms with Crippen LogP contribution in [0.4, 0.5) is 0 Å². The Morgan fingerprint density at radius 1 is 1.38 bits per heavy atom. The van der Waals surface area contributed by atoms with Crippen LogP contribution in [0.25, 0.3) is 0 Å². The molecular formula is C9H9Cl3N2O2. The van der Waals surface area contributed by atoms with Gasteiger partial charge in [-0.25, -0.2) is 4.98 Å². The van der Waals surface area contributed by atoms with E-state index in [4.69, 9.17) is 39.9 Å². The van der Waals surface area contributed by atoms with Crippen molar-refractivity contribution in [1.82, 2.24) is 10.3 Å². The molecule has 0 unspecified atom stereocenters. The lowest BCUT2D eigenvalue weighted by atomic mass is 10.3. The lowest BCUT2D eigenvalue weighted by Gasteiger charge is -2.06. The number of halogens is 3. The Bertz CT molecular complexity index is 399. The van der Waals surface area contributed by atoms with E-state index in [1.807, 2.05) is 0 Å². The van der Waals surface area contributed by atoms with Crippen molar-refractivity contribution in [2.75, 3.05) is 13.2 Å². The predicted molar refractivity (Wildman–Crippen MR) is 63.3 cm³/mol. The summed E-state index contributed by atoms with van der Waals surface area (Å²) in [6.45, 7) is 0.344. The molecule has 4 nitrogen and oxygen atoms in total. The van der Waals surface area contributed by atoms with Crippen molar-refractivity contribution in [3.63, 3.8) is 0 Å². The molecule has 88 valence electrons. The van der Waals surface area contributed by atoms with Gasteiger partial charge in [-0.2, -0.15) is 0 Å². The first-order valence-corrected chi connectivity index (χ1v) is 5.60. The van der Waals surface area contributed by atoms with Crippen molar-refractivity contribution in [2.45, 2.75) is 6.42 Å². The van der Waals surface area contributed by atoms with E-state index in [0.29, 0.717) is 13.0 Å². The molecule has 1 aromatic rings. The average Bonchev–Trinajstić information content (AvgIpc) is 2.26. The van der Waals surface area contributed by atoms with Gasteiger partial charge in [0.2, 0.25) is 0 Å². The Labute approximate surface area is 108 Å². The predicted octanol–water partition coefficient (Wildman–Crippen LogP) is 2.15. The van der Waals surface area contributed by atoms with E-state index in [0.717, 1.165) is 0 Å². The Hall–Kier alpha value is -0.550. The lowest BCUT2D eigenvalue weighted by Crippen LogP contribution is -2.26. The number of hydrogen-bond donors (Lipinski definition) is 2. The molecule has 7 heteroatoms. The van der Waals surface area contributed by atoms with Crippen molar-refractivity contribution in [3.8, 4) is 0 Å². The fourth-order valence-electron chi connectivity index (χ4n) is 0.966. The number of amides is 1. The fraction of sp³-hybridized carbons (Fsp3) is 0.333. The number of carbonyl (C=O) groups is 1.